The van der Waals surface area contributed by atoms with Crippen LogP contribution in [-0.4, -0.2) is 54.1 Å². The van der Waals surface area contributed by atoms with Crippen LogP contribution in [-0.2, 0) is 4.74 Å². The van der Waals surface area contributed by atoms with Gasteiger partial charge in [-0.1, -0.05) is 13.0 Å². The van der Waals surface area contributed by atoms with Gasteiger partial charge in [0, 0.05) is 6.54 Å². The highest BCUT2D eigenvalue weighted by molar-refractivity contribution is 4.99. The molecule has 0 radical (unpaired) electrons. The summed E-state index contributed by atoms with van der Waals surface area (Å²) in [4.78, 5) is 2.29. The van der Waals surface area contributed by atoms with Crippen molar-refractivity contribution in [3.8, 4) is 0 Å². The summed E-state index contributed by atoms with van der Waals surface area (Å²) in [7, 11) is 1.65. The van der Waals surface area contributed by atoms with Gasteiger partial charge < -0.3 is 14.9 Å². The molecule has 0 amide bonds. The van der Waals surface area contributed by atoms with Crippen molar-refractivity contribution in [2.24, 2.45) is 0 Å². The van der Waals surface area contributed by atoms with Gasteiger partial charge in [-0.05, 0) is 25.8 Å². The minimum atomic E-state index is -0.613. The second-order valence-electron chi connectivity index (χ2n) is 4.34. The highest BCUT2D eigenvalue weighted by Crippen LogP contribution is 2.22. The predicted octanol–water partition coefficient (Wildman–Crippen LogP) is 0.744. The molecule has 2 N–H and O–H groups in total. The van der Waals surface area contributed by atoms with Crippen LogP contribution >= 0.6 is 0 Å². The molecule has 1 aliphatic rings. The Hall–Kier alpha value is -0.580. The lowest BCUT2D eigenvalue weighted by Gasteiger charge is -2.36. The first kappa shape index (κ1) is 13.5. The van der Waals surface area contributed by atoms with Gasteiger partial charge in [-0.3, -0.25) is 4.90 Å². The molecular weight excluding hydrogens is 206 g/mol. The van der Waals surface area contributed by atoms with Crippen molar-refractivity contribution in [1.29, 1.82) is 0 Å². The van der Waals surface area contributed by atoms with Gasteiger partial charge in [0.2, 0.25) is 0 Å². The van der Waals surface area contributed by atoms with Gasteiger partial charge in [-0.2, -0.15) is 0 Å². The molecule has 0 aromatic heterocycles. The number of nitrogens with zero attached hydrogens (tertiary/aromatic N) is 1. The average molecular weight is 229 g/mol. The highest BCUT2D eigenvalue weighted by Gasteiger charge is 2.25. The molecule has 2 atom stereocenters. The third-order valence-electron chi connectivity index (χ3n) is 3.21. The van der Waals surface area contributed by atoms with Crippen molar-refractivity contribution in [2.45, 2.75) is 37.8 Å². The van der Waals surface area contributed by atoms with E-state index >= 15 is 0 Å². The van der Waals surface area contributed by atoms with E-state index in [9.17, 15) is 5.11 Å². The minimum absolute atomic E-state index is 0.163. The Balaban J connectivity index is 2.44. The second-order valence-corrected chi connectivity index (χ2v) is 4.34. The molecule has 1 aliphatic heterocycles. The van der Waals surface area contributed by atoms with E-state index in [2.05, 4.69) is 11.5 Å². The third kappa shape index (κ3) is 3.77. The van der Waals surface area contributed by atoms with Crippen LogP contribution in [0, 0.1) is 0 Å². The van der Waals surface area contributed by atoms with Gasteiger partial charge in [0.05, 0.1) is 25.9 Å². The zero-order chi connectivity index (χ0) is 12.0. The maximum atomic E-state index is 9.34. The number of likely N-dealkylation sites (tertiary alicyclic amines) is 1. The summed E-state index contributed by atoms with van der Waals surface area (Å²) in [6.45, 7) is 5.56. The van der Waals surface area contributed by atoms with Gasteiger partial charge in [0.25, 0.3) is 0 Å². The summed E-state index contributed by atoms with van der Waals surface area (Å²) in [5.74, 6) is 0.804. The summed E-state index contributed by atoms with van der Waals surface area (Å²) in [6, 6.07) is 0.268. The lowest BCUT2D eigenvalue weighted by molar-refractivity contribution is 0.0594. The molecule has 1 fully saturated rings. The van der Waals surface area contributed by atoms with E-state index in [1.54, 1.807) is 7.11 Å². The maximum absolute atomic E-state index is 9.34. The molecule has 0 aromatic carbocycles. The minimum Gasteiger partial charge on any atom is -0.500 e. The summed E-state index contributed by atoms with van der Waals surface area (Å²) < 4.78 is 5.21. The summed E-state index contributed by atoms with van der Waals surface area (Å²) in [5, 5.41) is 18.1. The molecule has 16 heavy (non-hydrogen) atoms. The van der Waals surface area contributed by atoms with Crippen LogP contribution < -0.4 is 0 Å². The van der Waals surface area contributed by atoms with Crippen molar-refractivity contribution >= 4 is 0 Å². The zero-order valence-electron chi connectivity index (χ0n) is 10.1. The average Bonchev–Trinajstić information content (AvgIpc) is 2.35. The summed E-state index contributed by atoms with van der Waals surface area (Å²) in [5.41, 5.74) is 0. The van der Waals surface area contributed by atoms with Gasteiger partial charge in [-0.15, -0.1) is 0 Å². The van der Waals surface area contributed by atoms with E-state index in [4.69, 9.17) is 9.84 Å². The van der Waals surface area contributed by atoms with E-state index < -0.39 is 6.10 Å². The summed E-state index contributed by atoms with van der Waals surface area (Å²) >= 11 is 0. The number of hydrogen-bond acceptors (Lipinski definition) is 4. The molecule has 1 saturated heterocycles. The maximum Gasteiger partial charge on any atom is 0.105 e. The van der Waals surface area contributed by atoms with Crippen molar-refractivity contribution in [2.75, 3.05) is 26.8 Å². The molecule has 0 aromatic rings. The second kappa shape index (κ2) is 6.89. The molecule has 0 aliphatic carbocycles. The van der Waals surface area contributed by atoms with E-state index in [1.165, 1.54) is 12.8 Å². The van der Waals surface area contributed by atoms with Crippen molar-refractivity contribution < 1.29 is 14.9 Å². The molecule has 0 unspecified atom stereocenters. The van der Waals surface area contributed by atoms with Crippen LogP contribution in [0.2, 0.25) is 0 Å². The van der Waals surface area contributed by atoms with E-state index in [-0.39, 0.29) is 12.6 Å². The molecule has 4 heteroatoms. The molecule has 0 spiro atoms. The molecular formula is C12H23NO3. The lowest BCUT2D eigenvalue weighted by Crippen LogP contribution is -2.42. The van der Waals surface area contributed by atoms with Crippen molar-refractivity contribution in [3.05, 3.63) is 12.3 Å². The monoisotopic (exact) mass is 229 g/mol. The zero-order valence-corrected chi connectivity index (χ0v) is 10.1. The molecule has 0 bridgehead atoms. The van der Waals surface area contributed by atoms with Gasteiger partial charge in [0.1, 0.15) is 5.76 Å². The Morgan fingerprint density at radius 1 is 1.56 bits per heavy atom. The van der Waals surface area contributed by atoms with Crippen molar-refractivity contribution in [3.63, 3.8) is 0 Å². The van der Waals surface area contributed by atoms with E-state index in [0.29, 0.717) is 6.42 Å². The normalized spacial score (nSPS) is 24.1. The summed E-state index contributed by atoms with van der Waals surface area (Å²) in [6.07, 6.45) is 3.44. The molecule has 1 heterocycles. The van der Waals surface area contributed by atoms with Crippen LogP contribution in [0.15, 0.2) is 12.3 Å². The van der Waals surface area contributed by atoms with Gasteiger partial charge in [0.15, 0.2) is 0 Å². The molecule has 94 valence electrons. The Labute approximate surface area is 97.5 Å². The molecule has 0 saturated carbocycles. The van der Waals surface area contributed by atoms with Crippen molar-refractivity contribution in [1.82, 2.24) is 4.90 Å². The predicted molar refractivity (Wildman–Crippen MR) is 63.1 cm³/mol. The number of ether oxygens (including phenoxy) is 1. The Kier molecular flexibility index (Phi) is 5.80. The number of aliphatic hydroxyl groups is 2. The smallest absolute Gasteiger partial charge is 0.105 e. The van der Waals surface area contributed by atoms with Gasteiger partial charge >= 0.3 is 0 Å². The van der Waals surface area contributed by atoms with Crippen LogP contribution in [0.1, 0.15) is 25.7 Å². The number of methoxy groups -OCH3 is 1. The van der Waals surface area contributed by atoms with E-state index in [0.717, 1.165) is 25.3 Å². The molecule has 4 nitrogen and oxygen atoms in total. The highest BCUT2D eigenvalue weighted by atomic mass is 16.5. The fourth-order valence-electron chi connectivity index (χ4n) is 2.17. The lowest BCUT2D eigenvalue weighted by atomic mass is 10.0. The first-order valence-corrected chi connectivity index (χ1v) is 5.94. The van der Waals surface area contributed by atoms with Gasteiger partial charge in [-0.25, -0.2) is 0 Å². The number of rotatable bonds is 6. The van der Waals surface area contributed by atoms with Crippen LogP contribution in [0.3, 0.4) is 0 Å². The Morgan fingerprint density at radius 2 is 2.31 bits per heavy atom. The third-order valence-corrected chi connectivity index (χ3v) is 3.21. The first-order chi connectivity index (χ1) is 7.69. The van der Waals surface area contributed by atoms with E-state index in [1.807, 2.05) is 0 Å². The number of hydrogen-bond donors (Lipinski definition) is 2. The largest absolute Gasteiger partial charge is 0.500 e. The fraction of sp³-hybridized carbons (Fsp3) is 0.833. The Bertz CT molecular complexity index is 220. The van der Waals surface area contributed by atoms with Crippen LogP contribution in [0.25, 0.3) is 0 Å². The van der Waals surface area contributed by atoms with Crippen LogP contribution in [0.4, 0.5) is 0 Å². The first-order valence-electron chi connectivity index (χ1n) is 5.94. The quantitative estimate of drug-likeness (QED) is 0.660. The van der Waals surface area contributed by atoms with Crippen LogP contribution in [0.5, 0.6) is 0 Å². The number of aliphatic hydroxyl groups excluding tert-OH is 2. The molecule has 1 rings (SSSR count). The standard InChI is InChI=1S/C12H23NO3/c1-10(16-2)12-5-3-4-7-13(12)8-6-11(15)9-14/h11-12,14-15H,1,3-9H2,2H3/t11-,12+/m0/s1. The topological polar surface area (TPSA) is 52.9 Å². The Morgan fingerprint density at radius 3 is 2.94 bits per heavy atom. The fourth-order valence-corrected chi connectivity index (χ4v) is 2.17. The number of piperidine rings is 1. The SMILES string of the molecule is C=C(OC)[C@H]1CCCCN1CC[C@H](O)CO.